The van der Waals surface area contributed by atoms with Crippen LogP contribution in [0.5, 0.6) is 0 Å². The van der Waals surface area contributed by atoms with Gasteiger partial charge in [-0.15, -0.1) is 22.0 Å². The maximum Gasteiger partial charge on any atom is 0.240 e. The summed E-state index contributed by atoms with van der Waals surface area (Å²) >= 11 is 8.75. The number of hydrogen-bond acceptors (Lipinski definition) is 7. The molecule has 0 bridgehead atoms. The van der Waals surface area contributed by atoms with Crippen molar-refractivity contribution in [2.75, 3.05) is 43.8 Å². The predicted molar refractivity (Wildman–Crippen MR) is 129 cm³/mol. The van der Waals surface area contributed by atoms with Gasteiger partial charge < -0.3 is 4.90 Å². The van der Waals surface area contributed by atoms with Gasteiger partial charge in [0.2, 0.25) is 16.9 Å². The Kier molecular flexibility index (Phi) is 7.75. The summed E-state index contributed by atoms with van der Waals surface area (Å²) in [5, 5.41) is 13.0. The fourth-order valence-electron chi connectivity index (χ4n) is 3.26. The second kappa shape index (κ2) is 10.9. The lowest BCUT2D eigenvalue weighted by atomic mass is 10.2. The Bertz CT molecular complexity index is 1050. The van der Waals surface area contributed by atoms with Gasteiger partial charge in [-0.05, 0) is 24.3 Å². The Balaban J connectivity index is 1.19. The minimum atomic E-state index is -0.126. The highest BCUT2D eigenvalue weighted by molar-refractivity contribution is 8.00. The molecule has 1 fully saturated rings. The fraction of sp³-hybridized carbons (Fsp3) is 0.273. The number of benzene rings is 2. The van der Waals surface area contributed by atoms with Crippen molar-refractivity contribution in [2.24, 2.45) is 0 Å². The molecule has 4 rings (SSSR count). The second-order valence-corrected chi connectivity index (χ2v) is 9.69. The molecule has 0 spiro atoms. The second-order valence-electron chi connectivity index (χ2n) is 7.23. The first-order valence-corrected chi connectivity index (χ1v) is 12.3. The molecule has 166 valence electrons. The lowest BCUT2D eigenvalue weighted by Crippen LogP contribution is -2.50. The van der Waals surface area contributed by atoms with Gasteiger partial charge >= 0.3 is 0 Å². The van der Waals surface area contributed by atoms with Gasteiger partial charge in [-0.1, -0.05) is 53.3 Å². The van der Waals surface area contributed by atoms with E-state index in [-0.39, 0.29) is 18.4 Å². The summed E-state index contributed by atoms with van der Waals surface area (Å²) < 4.78 is 0. The molecule has 0 aliphatic carbocycles. The van der Waals surface area contributed by atoms with Gasteiger partial charge in [0.25, 0.3) is 0 Å². The van der Waals surface area contributed by atoms with Gasteiger partial charge in [0.1, 0.15) is 5.01 Å². The first kappa shape index (κ1) is 22.7. The maximum absolute atomic E-state index is 12.5. The van der Waals surface area contributed by atoms with Crippen molar-refractivity contribution >= 4 is 51.6 Å². The van der Waals surface area contributed by atoms with Crippen LogP contribution in [-0.2, 0) is 9.59 Å². The van der Waals surface area contributed by atoms with Crippen molar-refractivity contribution in [3.63, 3.8) is 0 Å². The van der Waals surface area contributed by atoms with Gasteiger partial charge in [-0.3, -0.25) is 19.8 Å². The van der Waals surface area contributed by atoms with Gasteiger partial charge in [0, 0.05) is 41.7 Å². The Morgan fingerprint density at radius 1 is 1.00 bits per heavy atom. The monoisotopic (exact) mass is 487 g/mol. The summed E-state index contributed by atoms with van der Waals surface area (Å²) in [5.41, 5.74) is 0.973. The number of nitrogens with one attached hydrogen (secondary N) is 1. The van der Waals surface area contributed by atoms with E-state index in [4.69, 9.17) is 11.6 Å². The van der Waals surface area contributed by atoms with E-state index in [1.807, 2.05) is 64.4 Å². The van der Waals surface area contributed by atoms with Crippen LogP contribution < -0.4 is 5.32 Å². The van der Waals surface area contributed by atoms with Crippen molar-refractivity contribution in [1.82, 2.24) is 20.0 Å². The Morgan fingerprint density at radius 3 is 2.44 bits per heavy atom. The summed E-state index contributed by atoms with van der Waals surface area (Å²) in [6.07, 6.45) is 0. The van der Waals surface area contributed by atoms with Crippen LogP contribution in [0.3, 0.4) is 0 Å². The van der Waals surface area contributed by atoms with Crippen molar-refractivity contribution in [1.29, 1.82) is 0 Å². The smallest absolute Gasteiger partial charge is 0.240 e. The zero-order valence-electron chi connectivity index (χ0n) is 17.2. The average molecular weight is 488 g/mol. The maximum atomic E-state index is 12.5. The van der Waals surface area contributed by atoms with Crippen molar-refractivity contribution in [3.05, 3.63) is 59.6 Å². The molecule has 7 nitrogen and oxygen atoms in total. The lowest BCUT2D eigenvalue weighted by Gasteiger charge is -2.34. The van der Waals surface area contributed by atoms with E-state index in [0.29, 0.717) is 42.1 Å². The number of anilines is 1. The van der Waals surface area contributed by atoms with E-state index in [2.05, 4.69) is 15.5 Å². The highest BCUT2D eigenvalue weighted by Crippen LogP contribution is 2.26. The molecule has 1 aliphatic rings. The number of halogens is 1. The van der Waals surface area contributed by atoms with Crippen LogP contribution in [0.25, 0.3) is 10.6 Å². The Morgan fingerprint density at radius 2 is 1.72 bits per heavy atom. The number of aromatic nitrogens is 2. The van der Waals surface area contributed by atoms with E-state index >= 15 is 0 Å². The van der Waals surface area contributed by atoms with Crippen molar-refractivity contribution < 1.29 is 9.59 Å². The molecule has 0 radical (unpaired) electrons. The predicted octanol–water partition coefficient (Wildman–Crippen LogP) is 3.73. The molecule has 1 aromatic heterocycles. The van der Waals surface area contributed by atoms with Crippen LogP contribution in [-0.4, -0.2) is 70.3 Å². The van der Waals surface area contributed by atoms with Crippen LogP contribution in [0.4, 0.5) is 5.13 Å². The number of amides is 2. The molecule has 2 amide bonds. The number of piperazine rings is 1. The molecule has 2 heterocycles. The highest BCUT2D eigenvalue weighted by Gasteiger charge is 2.23. The third kappa shape index (κ3) is 6.29. The van der Waals surface area contributed by atoms with Crippen LogP contribution in [0.1, 0.15) is 0 Å². The van der Waals surface area contributed by atoms with E-state index in [1.54, 1.807) is 0 Å². The van der Waals surface area contributed by atoms with E-state index in [9.17, 15) is 9.59 Å². The summed E-state index contributed by atoms with van der Waals surface area (Å²) in [4.78, 5) is 29.8. The number of rotatable bonds is 7. The first-order chi connectivity index (χ1) is 15.6. The van der Waals surface area contributed by atoms with Crippen molar-refractivity contribution in [2.45, 2.75) is 4.90 Å². The molecule has 3 aromatic rings. The number of thioether (sulfide) groups is 1. The number of carbonyl (C=O) groups excluding carboxylic acids is 2. The SMILES string of the molecule is O=C(CN1CCN(C(=O)CSc2ccc(Cl)cc2)CC1)Nc1nnc(-c2ccccc2)s1. The molecule has 1 aliphatic heterocycles. The highest BCUT2D eigenvalue weighted by atomic mass is 35.5. The van der Waals surface area contributed by atoms with Gasteiger partial charge in [-0.2, -0.15) is 0 Å². The van der Waals surface area contributed by atoms with Gasteiger partial charge in [0.15, 0.2) is 0 Å². The summed E-state index contributed by atoms with van der Waals surface area (Å²) in [6, 6.07) is 17.2. The first-order valence-electron chi connectivity index (χ1n) is 10.1. The van der Waals surface area contributed by atoms with E-state index < -0.39 is 0 Å². The standard InChI is InChI=1S/C22H22ClN5O2S2/c23-17-6-8-18(9-7-17)31-15-20(30)28-12-10-27(11-13-28)14-19(29)24-22-26-25-21(32-22)16-4-2-1-3-5-16/h1-9H,10-15H2,(H,24,26,29). The molecule has 32 heavy (non-hydrogen) atoms. The number of nitrogens with zero attached hydrogens (tertiary/aromatic N) is 4. The lowest BCUT2D eigenvalue weighted by molar-refractivity contribution is -0.130. The Hall–Kier alpha value is -2.46. The third-order valence-electron chi connectivity index (χ3n) is 4.96. The zero-order chi connectivity index (χ0) is 22.3. The van der Waals surface area contributed by atoms with Crippen LogP contribution in [0.2, 0.25) is 5.02 Å². The molecule has 0 unspecified atom stereocenters. The quantitative estimate of drug-likeness (QED) is 0.511. The summed E-state index contributed by atoms with van der Waals surface area (Å²) in [6.45, 7) is 2.82. The normalized spacial score (nSPS) is 14.3. The largest absolute Gasteiger partial charge is 0.339 e. The van der Waals surface area contributed by atoms with Gasteiger partial charge in [0.05, 0.1) is 12.3 Å². The molecule has 10 heteroatoms. The zero-order valence-corrected chi connectivity index (χ0v) is 19.6. The molecule has 0 atom stereocenters. The van der Waals surface area contributed by atoms with Crippen molar-refractivity contribution in [3.8, 4) is 10.6 Å². The molecule has 2 aromatic carbocycles. The Labute approximate surface area is 199 Å². The van der Waals surface area contributed by atoms with E-state index in [1.165, 1.54) is 23.1 Å². The number of hydrogen-bond donors (Lipinski definition) is 1. The van der Waals surface area contributed by atoms with Crippen LogP contribution >= 0.6 is 34.7 Å². The average Bonchev–Trinajstić information content (AvgIpc) is 3.28. The summed E-state index contributed by atoms with van der Waals surface area (Å²) in [7, 11) is 0. The van der Waals surface area contributed by atoms with Crippen LogP contribution in [0.15, 0.2) is 59.5 Å². The minimum Gasteiger partial charge on any atom is -0.339 e. The molecular weight excluding hydrogens is 466 g/mol. The van der Waals surface area contributed by atoms with E-state index in [0.717, 1.165) is 15.5 Å². The topological polar surface area (TPSA) is 78.4 Å². The molecule has 1 saturated heterocycles. The number of carbonyl (C=O) groups is 2. The summed E-state index contributed by atoms with van der Waals surface area (Å²) in [5.74, 6) is 0.373. The van der Waals surface area contributed by atoms with Crippen LogP contribution in [0, 0.1) is 0 Å². The molecular formula is C22H22ClN5O2S2. The van der Waals surface area contributed by atoms with Gasteiger partial charge in [-0.25, -0.2) is 0 Å². The minimum absolute atomic E-state index is 0.108. The fourth-order valence-corrected chi connectivity index (χ4v) is 4.95. The molecule has 0 saturated carbocycles. The third-order valence-corrected chi connectivity index (χ3v) is 7.10. The molecule has 1 N–H and O–H groups in total.